The molecular formula is C11H15NO4S. The van der Waals surface area contributed by atoms with Gasteiger partial charge in [-0.2, -0.15) is 11.8 Å². The molecule has 1 amide bonds. The molecule has 1 aromatic rings. The topological polar surface area (TPSA) is 79.5 Å². The molecule has 6 heteroatoms. The molecule has 0 spiro atoms. The zero-order valence-corrected chi connectivity index (χ0v) is 10.3. The summed E-state index contributed by atoms with van der Waals surface area (Å²) >= 11 is 1.58. The standard InChI is InChI=1S/C11H15NO4S/c1-8-2-3-9(16-8)6-17-5-4-10(11(14)15)12-7-13/h2-3,7,10H,4-6H2,1H3,(H,12,13)(H,14,15). The van der Waals surface area contributed by atoms with Crippen LogP contribution < -0.4 is 5.32 Å². The lowest BCUT2D eigenvalue weighted by atomic mass is 10.2. The van der Waals surface area contributed by atoms with E-state index in [2.05, 4.69) is 5.32 Å². The van der Waals surface area contributed by atoms with Crippen molar-refractivity contribution >= 4 is 24.1 Å². The van der Waals surface area contributed by atoms with Gasteiger partial charge >= 0.3 is 5.97 Å². The first-order chi connectivity index (χ1) is 8.13. The molecule has 0 aliphatic rings. The molecule has 17 heavy (non-hydrogen) atoms. The Labute approximate surface area is 104 Å². The van der Waals surface area contributed by atoms with Gasteiger partial charge in [0, 0.05) is 0 Å². The summed E-state index contributed by atoms with van der Waals surface area (Å²) in [6.45, 7) is 1.88. The van der Waals surface area contributed by atoms with Gasteiger partial charge in [-0.15, -0.1) is 0 Å². The summed E-state index contributed by atoms with van der Waals surface area (Å²) in [5.41, 5.74) is 0. The van der Waals surface area contributed by atoms with Gasteiger partial charge in [-0.05, 0) is 31.2 Å². The predicted molar refractivity (Wildman–Crippen MR) is 64.8 cm³/mol. The van der Waals surface area contributed by atoms with Gasteiger partial charge in [0.25, 0.3) is 0 Å². The Morgan fingerprint density at radius 2 is 2.41 bits per heavy atom. The summed E-state index contributed by atoms with van der Waals surface area (Å²) in [7, 11) is 0. The van der Waals surface area contributed by atoms with Gasteiger partial charge in [-0.1, -0.05) is 0 Å². The Morgan fingerprint density at radius 1 is 1.65 bits per heavy atom. The molecule has 0 radical (unpaired) electrons. The number of hydrogen-bond donors (Lipinski definition) is 2. The second kappa shape index (κ2) is 7.01. The van der Waals surface area contributed by atoms with Gasteiger partial charge in [0.15, 0.2) is 0 Å². The Hall–Kier alpha value is -1.43. The molecule has 0 saturated heterocycles. The number of carbonyl (C=O) groups is 2. The van der Waals surface area contributed by atoms with E-state index in [1.54, 1.807) is 11.8 Å². The summed E-state index contributed by atoms with van der Waals surface area (Å²) in [5.74, 6) is 2.10. The molecule has 0 aromatic carbocycles. The van der Waals surface area contributed by atoms with E-state index in [0.29, 0.717) is 24.3 Å². The number of aliphatic carboxylic acids is 1. The van der Waals surface area contributed by atoms with Crippen LogP contribution in [0.4, 0.5) is 0 Å². The molecule has 0 aliphatic carbocycles. The number of amides is 1. The van der Waals surface area contributed by atoms with E-state index >= 15 is 0 Å². The number of carboxylic acid groups (broad SMARTS) is 1. The van der Waals surface area contributed by atoms with Gasteiger partial charge in [0.2, 0.25) is 6.41 Å². The predicted octanol–water partition coefficient (Wildman–Crippen LogP) is 1.41. The molecule has 1 heterocycles. The van der Waals surface area contributed by atoms with Crippen LogP contribution in [-0.2, 0) is 15.3 Å². The third kappa shape index (κ3) is 4.95. The molecule has 0 fully saturated rings. The highest BCUT2D eigenvalue weighted by Crippen LogP contribution is 2.16. The van der Waals surface area contributed by atoms with Gasteiger partial charge in [-0.25, -0.2) is 4.79 Å². The van der Waals surface area contributed by atoms with Crippen LogP contribution in [0.15, 0.2) is 16.5 Å². The Morgan fingerprint density at radius 3 is 2.94 bits per heavy atom. The second-order valence-electron chi connectivity index (χ2n) is 3.53. The number of carbonyl (C=O) groups excluding carboxylic acids is 1. The molecule has 0 saturated carbocycles. The number of thioether (sulfide) groups is 1. The Kier molecular flexibility index (Phi) is 5.62. The van der Waals surface area contributed by atoms with Crippen LogP contribution in [0.1, 0.15) is 17.9 Å². The first kappa shape index (κ1) is 13.6. The minimum absolute atomic E-state index is 0.401. The fourth-order valence-corrected chi connectivity index (χ4v) is 2.20. The monoisotopic (exact) mass is 257 g/mol. The summed E-state index contributed by atoms with van der Waals surface area (Å²) < 4.78 is 5.38. The molecule has 0 bridgehead atoms. The summed E-state index contributed by atoms with van der Waals surface area (Å²) in [6.07, 6.45) is 0.817. The minimum atomic E-state index is -1.01. The van der Waals surface area contributed by atoms with Crippen molar-refractivity contribution in [1.29, 1.82) is 0 Å². The largest absolute Gasteiger partial charge is 0.480 e. The van der Waals surface area contributed by atoms with E-state index < -0.39 is 12.0 Å². The smallest absolute Gasteiger partial charge is 0.326 e. The first-order valence-electron chi connectivity index (χ1n) is 5.19. The zero-order valence-electron chi connectivity index (χ0n) is 9.51. The molecule has 1 rings (SSSR count). The Balaban J connectivity index is 2.22. The van der Waals surface area contributed by atoms with E-state index in [1.165, 1.54) is 0 Å². The molecule has 1 atom stereocenters. The van der Waals surface area contributed by atoms with Crippen LogP contribution in [-0.4, -0.2) is 29.3 Å². The minimum Gasteiger partial charge on any atom is -0.480 e. The highest BCUT2D eigenvalue weighted by atomic mass is 32.2. The molecule has 1 aromatic heterocycles. The highest BCUT2D eigenvalue weighted by molar-refractivity contribution is 7.98. The summed E-state index contributed by atoms with van der Waals surface area (Å²) in [5, 5.41) is 11.0. The molecule has 94 valence electrons. The number of furan rings is 1. The lowest BCUT2D eigenvalue weighted by molar-refractivity contribution is -0.140. The maximum Gasteiger partial charge on any atom is 0.326 e. The van der Waals surface area contributed by atoms with Crippen molar-refractivity contribution in [1.82, 2.24) is 5.32 Å². The van der Waals surface area contributed by atoms with Crippen molar-refractivity contribution < 1.29 is 19.1 Å². The number of rotatable bonds is 8. The van der Waals surface area contributed by atoms with Gasteiger partial charge in [-0.3, -0.25) is 4.79 Å². The van der Waals surface area contributed by atoms with Crippen molar-refractivity contribution in [2.24, 2.45) is 0 Å². The molecule has 5 nitrogen and oxygen atoms in total. The van der Waals surface area contributed by atoms with E-state index in [4.69, 9.17) is 9.52 Å². The van der Waals surface area contributed by atoms with Gasteiger partial charge in [0.1, 0.15) is 17.6 Å². The fraction of sp³-hybridized carbons (Fsp3) is 0.455. The van der Waals surface area contributed by atoms with E-state index in [-0.39, 0.29) is 0 Å². The maximum atomic E-state index is 10.7. The maximum absolute atomic E-state index is 10.7. The van der Waals surface area contributed by atoms with Crippen LogP contribution in [0.25, 0.3) is 0 Å². The fourth-order valence-electron chi connectivity index (χ4n) is 1.30. The lowest BCUT2D eigenvalue weighted by Gasteiger charge is -2.09. The average Bonchev–Trinajstić information content (AvgIpc) is 2.68. The van der Waals surface area contributed by atoms with Gasteiger partial charge in [0.05, 0.1) is 5.75 Å². The average molecular weight is 257 g/mol. The van der Waals surface area contributed by atoms with Crippen LogP contribution in [0.5, 0.6) is 0 Å². The molecule has 2 N–H and O–H groups in total. The summed E-state index contributed by atoms with van der Waals surface area (Å²) in [6, 6.07) is 2.99. The molecule has 1 unspecified atom stereocenters. The van der Waals surface area contributed by atoms with Crippen molar-refractivity contribution in [2.75, 3.05) is 5.75 Å². The third-order valence-corrected chi connectivity index (χ3v) is 3.17. The number of carboxylic acids is 1. The quantitative estimate of drug-likeness (QED) is 0.543. The zero-order chi connectivity index (χ0) is 12.7. The molecule has 0 aliphatic heterocycles. The van der Waals surface area contributed by atoms with Gasteiger partial charge < -0.3 is 14.8 Å². The van der Waals surface area contributed by atoms with Crippen molar-refractivity contribution in [3.8, 4) is 0 Å². The summed E-state index contributed by atoms with van der Waals surface area (Å²) in [4.78, 5) is 20.9. The molecular weight excluding hydrogens is 242 g/mol. The van der Waals surface area contributed by atoms with Crippen LogP contribution in [0.3, 0.4) is 0 Å². The number of aryl methyl sites for hydroxylation is 1. The lowest BCUT2D eigenvalue weighted by Crippen LogP contribution is -2.36. The van der Waals surface area contributed by atoms with Crippen LogP contribution in [0.2, 0.25) is 0 Å². The normalized spacial score (nSPS) is 12.1. The SMILES string of the molecule is Cc1ccc(CSCCC(NC=O)C(=O)O)o1. The van der Waals surface area contributed by atoms with Crippen molar-refractivity contribution in [3.63, 3.8) is 0 Å². The van der Waals surface area contributed by atoms with Crippen molar-refractivity contribution in [3.05, 3.63) is 23.7 Å². The van der Waals surface area contributed by atoms with E-state index in [1.807, 2.05) is 19.1 Å². The second-order valence-corrected chi connectivity index (χ2v) is 4.63. The first-order valence-corrected chi connectivity index (χ1v) is 6.34. The highest BCUT2D eigenvalue weighted by Gasteiger charge is 2.15. The van der Waals surface area contributed by atoms with Crippen molar-refractivity contribution in [2.45, 2.75) is 25.1 Å². The number of hydrogen-bond acceptors (Lipinski definition) is 4. The van der Waals surface area contributed by atoms with E-state index in [0.717, 1.165) is 11.5 Å². The Bertz CT molecular complexity index is 377. The van der Waals surface area contributed by atoms with Crippen LogP contribution in [0, 0.1) is 6.92 Å². The third-order valence-electron chi connectivity index (χ3n) is 2.16. The van der Waals surface area contributed by atoms with Crippen LogP contribution >= 0.6 is 11.8 Å². The number of nitrogens with one attached hydrogen (secondary N) is 1. The van der Waals surface area contributed by atoms with E-state index in [9.17, 15) is 9.59 Å².